The lowest BCUT2D eigenvalue weighted by Crippen LogP contribution is -2.47. The van der Waals surface area contributed by atoms with Crippen molar-refractivity contribution in [2.24, 2.45) is 5.92 Å². The van der Waals surface area contributed by atoms with Crippen molar-refractivity contribution < 1.29 is 13.2 Å². The summed E-state index contributed by atoms with van der Waals surface area (Å²) < 4.78 is 25.5. The number of carbonyl (C=O) groups excluding carboxylic acids is 1. The zero-order valence-electron chi connectivity index (χ0n) is 14.6. The number of carbonyl (C=O) groups is 1. The Morgan fingerprint density at radius 3 is 2.71 bits per heavy atom. The zero-order valence-corrected chi connectivity index (χ0v) is 15.4. The molecule has 0 aliphatic carbocycles. The van der Waals surface area contributed by atoms with Crippen LogP contribution in [0.4, 0.5) is 0 Å². The second-order valence-corrected chi connectivity index (χ2v) is 8.79. The number of hydrogen-bond donors (Lipinski definition) is 1. The van der Waals surface area contributed by atoms with Crippen LogP contribution in [0.15, 0.2) is 30.3 Å². The fourth-order valence-corrected chi connectivity index (χ4v) is 4.23. The van der Waals surface area contributed by atoms with Crippen molar-refractivity contribution in [2.75, 3.05) is 18.8 Å². The van der Waals surface area contributed by atoms with E-state index in [0.29, 0.717) is 13.1 Å². The van der Waals surface area contributed by atoms with Crippen LogP contribution in [-0.2, 0) is 21.2 Å². The minimum Gasteiger partial charge on any atom is -0.353 e. The Labute approximate surface area is 145 Å². The van der Waals surface area contributed by atoms with Gasteiger partial charge >= 0.3 is 0 Å². The summed E-state index contributed by atoms with van der Waals surface area (Å²) in [6.07, 6.45) is 3.30. The quantitative estimate of drug-likeness (QED) is 0.818. The van der Waals surface area contributed by atoms with Crippen molar-refractivity contribution in [3.05, 3.63) is 35.9 Å². The summed E-state index contributed by atoms with van der Waals surface area (Å²) in [4.78, 5) is 12.4. The minimum atomic E-state index is -3.21. The zero-order chi connectivity index (χ0) is 17.6. The van der Waals surface area contributed by atoms with Gasteiger partial charge in [-0.3, -0.25) is 4.79 Å². The second kappa shape index (κ2) is 8.62. The molecule has 1 saturated heterocycles. The SMILES string of the molecule is CCS(=O)(=O)N1CCCC(C(=O)NC(C)CCc2ccccc2)C1. The van der Waals surface area contributed by atoms with Gasteiger partial charge in [-0.05, 0) is 45.1 Å². The average molecular weight is 353 g/mol. The summed E-state index contributed by atoms with van der Waals surface area (Å²) in [7, 11) is -3.21. The van der Waals surface area contributed by atoms with E-state index in [0.717, 1.165) is 25.7 Å². The number of nitrogens with one attached hydrogen (secondary N) is 1. The van der Waals surface area contributed by atoms with Gasteiger partial charge in [-0.15, -0.1) is 0 Å². The van der Waals surface area contributed by atoms with Gasteiger partial charge in [-0.2, -0.15) is 0 Å². The maximum Gasteiger partial charge on any atom is 0.224 e. The molecule has 1 heterocycles. The first-order valence-electron chi connectivity index (χ1n) is 8.74. The molecule has 1 aliphatic rings. The van der Waals surface area contributed by atoms with E-state index in [1.165, 1.54) is 9.87 Å². The third kappa shape index (κ3) is 5.31. The first-order valence-corrected chi connectivity index (χ1v) is 10.4. The molecule has 1 fully saturated rings. The summed E-state index contributed by atoms with van der Waals surface area (Å²) >= 11 is 0. The van der Waals surface area contributed by atoms with E-state index < -0.39 is 10.0 Å². The van der Waals surface area contributed by atoms with Crippen LogP contribution in [-0.4, -0.2) is 43.5 Å². The highest BCUT2D eigenvalue weighted by molar-refractivity contribution is 7.89. The molecule has 2 atom stereocenters. The highest BCUT2D eigenvalue weighted by atomic mass is 32.2. The predicted molar refractivity (Wildman–Crippen MR) is 96.1 cm³/mol. The largest absolute Gasteiger partial charge is 0.353 e. The number of nitrogens with zero attached hydrogens (tertiary/aromatic N) is 1. The van der Waals surface area contributed by atoms with Crippen molar-refractivity contribution in [3.8, 4) is 0 Å². The molecule has 2 rings (SSSR count). The molecule has 0 saturated carbocycles. The van der Waals surface area contributed by atoms with Crippen molar-refractivity contribution in [2.45, 2.75) is 45.6 Å². The molecule has 6 heteroatoms. The van der Waals surface area contributed by atoms with E-state index in [4.69, 9.17) is 0 Å². The van der Waals surface area contributed by atoms with E-state index >= 15 is 0 Å². The van der Waals surface area contributed by atoms with E-state index in [9.17, 15) is 13.2 Å². The standard InChI is InChI=1S/C18H28N2O3S/c1-3-24(22,23)20-13-7-10-17(14-20)18(21)19-15(2)11-12-16-8-5-4-6-9-16/h4-6,8-9,15,17H,3,7,10-14H2,1-2H3,(H,19,21). The maximum atomic E-state index is 12.4. The van der Waals surface area contributed by atoms with E-state index in [1.54, 1.807) is 6.92 Å². The van der Waals surface area contributed by atoms with Gasteiger partial charge in [-0.25, -0.2) is 12.7 Å². The third-order valence-corrected chi connectivity index (χ3v) is 6.46. The fraction of sp³-hybridized carbons (Fsp3) is 0.611. The topological polar surface area (TPSA) is 66.5 Å². The molecule has 1 aliphatic heterocycles. The Kier molecular flexibility index (Phi) is 6.80. The van der Waals surface area contributed by atoms with Crippen LogP contribution in [0.3, 0.4) is 0 Å². The molecular weight excluding hydrogens is 324 g/mol. The molecule has 24 heavy (non-hydrogen) atoms. The van der Waals surface area contributed by atoms with Crippen molar-refractivity contribution in [1.82, 2.24) is 9.62 Å². The number of sulfonamides is 1. The Morgan fingerprint density at radius 2 is 2.04 bits per heavy atom. The Hall–Kier alpha value is -1.40. The van der Waals surface area contributed by atoms with Gasteiger partial charge < -0.3 is 5.32 Å². The number of hydrogen-bond acceptors (Lipinski definition) is 3. The molecule has 2 unspecified atom stereocenters. The lowest BCUT2D eigenvalue weighted by atomic mass is 9.98. The first-order chi connectivity index (χ1) is 11.4. The molecule has 1 aromatic carbocycles. The Bertz CT molecular complexity index is 631. The van der Waals surface area contributed by atoms with Crippen LogP contribution in [0.25, 0.3) is 0 Å². The molecular formula is C18H28N2O3S. The van der Waals surface area contributed by atoms with Crippen molar-refractivity contribution in [1.29, 1.82) is 0 Å². The summed E-state index contributed by atoms with van der Waals surface area (Å²) in [5.41, 5.74) is 1.26. The van der Waals surface area contributed by atoms with Gasteiger partial charge in [-0.1, -0.05) is 30.3 Å². The molecule has 1 amide bonds. The van der Waals surface area contributed by atoms with E-state index in [1.807, 2.05) is 25.1 Å². The monoisotopic (exact) mass is 352 g/mol. The van der Waals surface area contributed by atoms with Crippen LogP contribution in [0.5, 0.6) is 0 Å². The second-order valence-electron chi connectivity index (χ2n) is 6.53. The number of piperidine rings is 1. The summed E-state index contributed by atoms with van der Waals surface area (Å²) in [5, 5.41) is 3.05. The minimum absolute atomic E-state index is 0.0217. The molecule has 1 aromatic rings. The lowest BCUT2D eigenvalue weighted by molar-refractivity contribution is -0.126. The average Bonchev–Trinajstić information content (AvgIpc) is 2.61. The molecule has 0 bridgehead atoms. The Morgan fingerprint density at radius 1 is 1.33 bits per heavy atom. The van der Waals surface area contributed by atoms with Gasteiger partial charge in [0.25, 0.3) is 0 Å². The van der Waals surface area contributed by atoms with Gasteiger partial charge in [0.1, 0.15) is 0 Å². The summed E-state index contributed by atoms with van der Waals surface area (Å²) in [6, 6.07) is 10.3. The van der Waals surface area contributed by atoms with Crippen LogP contribution >= 0.6 is 0 Å². The summed E-state index contributed by atoms with van der Waals surface area (Å²) in [5.74, 6) is -0.166. The van der Waals surface area contributed by atoms with Crippen LogP contribution in [0, 0.1) is 5.92 Å². The number of aryl methyl sites for hydroxylation is 1. The van der Waals surface area contributed by atoms with Crippen molar-refractivity contribution in [3.63, 3.8) is 0 Å². The van der Waals surface area contributed by atoms with Gasteiger partial charge in [0, 0.05) is 19.1 Å². The van der Waals surface area contributed by atoms with E-state index in [2.05, 4.69) is 17.4 Å². The number of amides is 1. The number of benzene rings is 1. The molecule has 0 radical (unpaired) electrons. The molecule has 134 valence electrons. The van der Waals surface area contributed by atoms with Gasteiger partial charge in [0.05, 0.1) is 11.7 Å². The van der Waals surface area contributed by atoms with Crippen molar-refractivity contribution >= 4 is 15.9 Å². The van der Waals surface area contributed by atoms with Crippen LogP contribution < -0.4 is 5.32 Å². The maximum absolute atomic E-state index is 12.4. The van der Waals surface area contributed by atoms with Crippen LogP contribution in [0.1, 0.15) is 38.7 Å². The number of rotatable bonds is 7. The smallest absolute Gasteiger partial charge is 0.224 e. The Balaban J connectivity index is 1.82. The predicted octanol–water partition coefficient (Wildman–Crippen LogP) is 2.19. The van der Waals surface area contributed by atoms with Gasteiger partial charge in [0.2, 0.25) is 15.9 Å². The normalized spacial score (nSPS) is 20.5. The van der Waals surface area contributed by atoms with Crippen LogP contribution in [0.2, 0.25) is 0 Å². The highest BCUT2D eigenvalue weighted by Crippen LogP contribution is 2.20. The first kappa shape index (κ1) is 18.9. The fourth-order valence-electron chi connectivity index (χ4n) is 3.05. The summed E-state index contributed by atoms with van der Waals surface area (Å²) in [6.45, 7) is 4.49. The van der Waals surface area contributed by atoms with Gasteiger partial charge in [0.15, 0.2) is 0 Å². The third-order valence-electron chi connectivity index (χ3n) is 4.61. The molecule has 0 spiro atoms. The lowest BCUT2D eigenvalue weighted by Gasteiger charge is -2.31. The molecule has 5 nitrogen and oxygen atoms in total. The molecule has 1 N–H and O–H groups in total. The molecule has 0 aromatic heterocycles. The van der Waals surface area contributed by atoms with E-state index in [-0.39, 0.29) is 23.6 Å². The highest BCUT2D eigenvalue weighted by Gasteiger charge is 2.31.